The maximum absolute atomic E-state index is 11.8. The van der Waals surface area contributed by atoms with Gasteiger partial charge in [-0.05, 0) is 18.3 Å². The molecule has 0 atom stereocenters. The zero-order valence-corrected chi connectivity index (χ0v) is 15.0. The monoisotopic (exact) mass is 347 g/mol. The van der Waals surface area contributed by atoms with Gasteiger partial charge in [0.2, 0.25) is 0 Å². The molecule has 3 N–H and O–H groups in total. The summed E-state index contributed by atoms with van der Waals surface area (Å²) in [5.74, 6) is 0. The second-order valence-electron chi connectivity index (χ2n) is 6.55. The topological polar surface area (TPSA) is 74.2 Å². The van der Waals surface area contributed by atoms with E-state index >= 15 is 0 Å². The molecule has 24 heavy (non-hydrogen) atoms. The first-order valence-electron chi connectivity index (χ1n) is 8.12. The molecule has 0 aliphatic heterocycles. The van der Waals surface area contributed by atoms with Crippen molar-refractivity contribution < 1.29 is 9.90 Å². The largest absolute Gasteiger partial charge is 0.396 e. The van der Waals surface area contributed by atoms with Gasteiger partial charge >= 0.3 is 6.03 Å². The van der Waals surface area contributed by atoms with Crippen molar-refractivity contribution >= 4 is 17.4 Å². The van der Waals surface area contributed by atoms with E-state index in [0.29, 0.717) is 13.1 Å². The van der Waals surface area contributed by atoms with Crippen molar-refractivity contribution in [3.63, 3.8) is 0 Å². The number of carbonyl (C=O) groups is 1. The zero-order valence-electron chi connectivity index (χ0n) is 14.2. The molecular weight excluding hydrogens is 322 g/mol. The highest BCUT2D eigenvalue weighted by Crippen LogP contribution is 2.23. The Morgan fingerprint density at radius 1 is 1.25 bits per heavy atom. The molecule has 6 heteroatoms. The van der Waals surface area contributed by atoms with Crippen molar-refractivity contribution in [2.75, 3.05) is 13.2 Å². The number of nitrogens with zero attached hydrogens (tertiary/aromatic N) is 1. The maximum atomic E-state index is 11.8. The van der Waals surface area contributed by atoms with E-state index in [-0.39, 0.29) is 18.1 Å². The van der Waals surface area contributed by atoms with Gasteiger partial charge in [-0.15, -0.1) is 11.3 Å². The molecule has 0 saturated heterocycles. The summed E-state index contributed by atoms with van der Waals surface area (Å²) in [6.07, 6.45) is 1.71. The Hall–Kier alpha value is -1.92. The van der Waals surface area contributed by atoms with Crippen LogP contribution >= 0.6 is 11.3 Å². The van der Waals surface area contributed by atoms with Gasteiger partial charge in [-0.2, -0.15) is 0 Å². The Kier molecular flexibility index (Phi) is 6.75. The molecule has 0 radical (unpaired) electrons. The average Bonchev–Trinajstić information content (AvgIpc) is 3.07. The van der Waals surface area contributed by atoms with Gasteiger partial charge < -0.3 is 15.7 Å². The number of amides is 2. The molecule has 0 saturated carbocycles. The van der Waals surface area contributed by atoms with E-state index in [4.69, 9.17) is 0 Å². The minimum absolute atomic E-state index is 0.0907. The van der Waals surface area contributed by atoms with Crippen molar-refractivity contribution in [3.8, 4) is 10.6 Å². The minimum atomic E-state index is -0.189. The summed E-state index contributed by atoms with van der Waals surface area (Å²) in [4.78, 5) is 16.3. The molecule has 1 aromatic heterocycles. The Morgan fingerprint density at radius 3 is 2.71 bits per heavy atom. The van der Waals surface area contributed by atoms with E-state index in [1.165, 1.54) is 0 Å². The minimum Gasteiger partial charge on any atom is -0.396 e. The van der Waals surface area contributed by atoms with Gasteiger partial charge in [-0.3, -0.25) is 0 Å². The summed E-state index contributed by atoms with van der Waals surface area (Å²) < 4.78 is 0. The lowest BCUT2D eigenvalue weighted by atomic mass is 9.89. The van der Waals surface area contributed by atoms with Crippen LogP contribution in [0.2, 0.25) is 0 Å². The number of rotatable bonds is 8. The number of nitrogens with one attached hydrogen (secondary N) is 2. The van der Waals surface area contributed by atoms with Crippen molar-refractivity contribution in [3.05, 3.63) is 41.4 Å². The van der Waals surface area contributed by atoms with Gasteiger partial charge in [0.1, 0.15) is 5.01 Å². The van der Waals surface area contributed by atoms with E-state index in [0.717, 1.165) is 29.1 Å². The first kappa shape index (κ1) is 18.4. The Balaban J connectivity index is 1.70. The summed E-state index contributed by atoms with van der Waals surface area (Å²) >= 11 is 1.57. The predicted molar refractivity (Wildman–Crippen MR) is 97.9 cm³/mol. The fraction of sp³-hybridized carbons (Fsp3) is 0.444. The first-order valence-corrected chi connectivity index (χ1v) is 9.00. The molecule has 130 valence electrons. The van der Waals surface area contributed by atoms with Crippen LogP contribution in [0.4, 0.5) is 4.79 Å². The van der Waals surface area contributed by atoms with Gasteiger partial charge in [-0.1, -0.05) is 44.2 Å². The lowest BCUT2D eigenvalue weighted by Crippen LogP contribution is -2.36. The van der Waals surface area contributed by atoms with Crippen molar-refractivity contribution in [1.29, 1.82) is 0 Å². The van der Waals surface area contributed by atoms with Gasteiger partial charge in [0, 0.05) is 24.1 Å². The van der Waals surface area contributed by atoms with E-state index in [9.17, 15) is 9.90 Å². The molecule has 2 aromatic rings. The summed E-state index contributed by atoms with van der Waals surface area (Å²) in [6.45, 7) is 5.20. The summed E-state index contributed by atoms with van der Waals surface area (Å²) in [7, 11) is 0. The number of aromatic nitrogens is 1. The predicted octanol–water partition coefficient (Wildman–Crippen LogP) is 3.41. The highest BCUT2D eigenvalue weighted by atomic mass is 32.1. The Labute approximate surface area is 147 Å². The number of aliphatic hydroxyl groups is 1. The average molecular weight is 347 g/mol. The van der Waals surface area contributed by atoms with E-state index < -0.39 is 0 Å². The fourth-order valence-electron chi connectivity index (χ4n) is 2.18. The maximum Gasteiger partial charge on any atom is 0.315 e. The number of hydrogen-bond acceptors (Lipinski definition) is 4. The standard InChI is InChI=1S/C18H25N3O2S/c1-18(2,13-22)9-6-10-19-17(23)20-11-15-12-24-16(21-15)14-7-4-3-5-8-14/h3-5,7-8,12,22H,6,9-11,13H2,1-2H3,(H2,19,20,23). The lowest BCUT2D eigenvalue weighted by molar-refractivity contribution is 0.148. The molecule has 2 amide bonds. The van der Waals surface area contributed by atoms with Gasteiger partial charge in [0.15, 0.2) is 0 Å². The highest BCUT2D eigenvalue weighted by molar-refractivity contribution is 7.13. The van der Waals surface area contributed by atoms with Gasteiger partial charge in [-0.25, -0.2) is 9.78 Å². The van der Waals surface area contributed by atoms with Crippen molar-refractivity contribution in [1.82, 2.24) is 15.6 Å². The summed E-state index contributed by atoms with van der Waals surface area (Å²) in [5.41, 5.74) is 1.85. The smallest absolute Gasteiger partial charge is 0.315 e. The van der Waals surface area contributed by atoms with Gasteiger partial charge in [0.25, 0.3) is 0 Å². The van der Waals surface area contributed by atoms with Crippen molar-refractivity contribution in [2.45, 2.75) is 33.2 Å². The molecule has 2 rings (SSSR count). The molecule has 0 aliphatic carbocycles. The van der Waals surface area contributed by atoms with Crippen LogP contribution in [0.25, 0.3) is 10.6 Å². The second kappa shape index (κ2) is 8.80. The quantitative estimate of drug-likeness (QED) is 0.641. The fourth-order valence-corrected chi connectivity index (χ4v) is 3.01. The molecule has 0 spiro atoms. The molecular formula is C18H25N3O2S. The Bertz CT molecular complexity index is 641. The number of thiazole rings is 1. The molecule has 1 aromatic carbocycles. The van der Waals surface area contributed by atoms with Gasteiger partial charge in [0.05, 0.1) is 12.2 Å². The second-order valence-corrected chi connectivity index (χ2v) is 7.40. The lowest BCUT2D eigenvalue weighted by Gasteiger charge is -2.21. The molecule has 0 aliphatic rings. The molecule has 0 unspecified atom stereocenters. The van der Waals surface area contributed by atoms with Crippen LogP contribution in [0, 0.1) is 5.41 Å². The highest BCUT2D eigenvalue weighted by Gasteiger charge is 2.15. The molecule has 0 bridgehead atoms. The summed E-state index contributed by atoms with van der Waals surface area (Å²) in [5, 5.41) is 17.8. The van der Waals surface area contributed by atoms with Crippen LogP contribution in [0.3, 0.4) is 0 Å². The molecule has 1 heterocycles. The van der Waals surface area contributed by atoms with Crippen LogP contribution < -0.4 is 10.6 Å². The zero-order chi connectivity index (χ0) is 17.4. The van der Waals surface area contributed by atoms with E-state index in [1.54, 1.807) is 11.3 Å². The number of urea groups is 1. The number of benzene rings is 1. The van der Waals surface area contributed by atoms with Crippen LogP contribution in [-0.4, -0.2) is 29.3 Å². The van der Waals surface area contributed by atoms with Crippen LogP contribution in [-0.2, 0) is 6.54 Å². The van der Waals surface area contributed by atoms with E-state index in [2.05, 4.69) is 15.6 Å². The number of hydrogen-bond donors (Lipinski definition) is 3. The van der Waals surface area contributed by atoms with Crippen LogP contribution in [0.15, 0.2) is 35.7 Å². The Morgan fingerprint density at radius 2 is 2.00 bits per heavy atom. The third-order valence-corrected chi connectivity index (χ3v) is 4.69. The van der Waals surface area contributed by atoms with E-state index in [1.807, 2.05) is 49.6 Å². The third kappa shape index (κ3) is 5.94. The number of carbonyl (C=O) groups excluding carboxylic acids is 1. The normalized spacial score (nSPS) is 11.3. The first-order chi connectivity index (χ1) is 11.5. The van der Waals surface area contributed by atoms with Crippen LogP contribution in [0.5, 0.6) is 0 Å². The number of aliphatic hydroxyl groups excluding tert-OH is 1. The molecule has 5 nitrogen and oxygen atoms in total. The summed E-state index contributed by atoms with van der Waals surface area (Å²) in [6, 6.07) is 9.81. The third-order valence-electron chi connectivity index (χ3n) is 3.75. The van der Waals surface area contributed by atoms with Crippen LogP contribution in [0.1, 0.15) is 32.4 Å². The SMILES string of the molecule is CC(C)(CO)CCCNC(=O)NCc1csc(-c2ccccc2)n1. The molecule has 0 fully saturated rings. The van der Waals surface area contributed by atoms with Crippen molar-refractivity contribution in [2.24, 2.45) is 5.41 Å².